The van der Waals surface area contributed by atoms with Crippen LogP contribution in [0.15, 0.2) is 12.1 Å². The summed E-state index contributed by atoms with van der Waals surface area (Å²) in [6.07, 6.45) is 4.09. The van der Waals surface area contributed by atoms with Crippen LogP contribution in [0, 0.1) is 5.92 Å². The monoisotopic (exact) mass is 276 g/mol. The second kappa shape index (κ2) is 5.64. The molecule has 0 spiro atoms. The Bertz CT molecular complexity index is 471. The molecule has 2 fully saturated rings. The molecule has 6 nitrogen and oxygen atoms in total. The Kier molecular flexibility index (Phi) is 3.71. The standard InChI is InChI=1S/C14H20N4O2/c19-14(20)11-4-3-9-18(10-11)13-6-5-12(15-16-13)17-7-1-2-8-17/h5-6,11H,1-4,7-10H2,(H,19,20). The molecule has 1 aromatic heterocycles. The number of carboxylic acid groups (broad SMARTS) is 1. The molecule has 1 N–H and O–H groups in total. The summed E-state index contributed by atoms with van der Waals surface area (Å²) in [5, 5.41) is 17.7. The minimum Gasteiger partial charge on any atom is -0.481 e. The highest BCUT2D eigenvalue weighted by atomic mass is 16.4. The number of anilines is 2. The molecule has 0 aliphatic carbocycles. The molecule has 3 rings (SSSR count). The number of nitrogens with zero attached hydrogens (tertiary/aromatic N) is 4. The molecular weight excluding hydrogens is 256 g/mol. The molecule has 20 heavy (non-hydrogen) atoms. The fourth-order valence-electron chi connectivity index (χ4n) is 2.99. The Hall–Kier alpha value is -1.85. The van der Waals surface area contributed by atoms with E-state index in [4.69, 9.17) is 5.11 Å². The van der Waals surface area contributed by atoms with Gasteiger partial charge in [-0.15, -0.1) is 10.2 Å². The summed E-state index contributed by atoms with van der Waals surface area (Å²) in [6, 6.07) is 3.96. The topological polar surface area (TPSA) is 69.6 Å². The van der Waals surface area contributed by atoms with E-state index in [0.29, 0.717) is 6.54 Å². The third kappa shape index (κ3) is 2.69. The highest BCUT2D eigenvalue weighted by Gasteiger charge is 2.26. The highest BCUT2D eigenvalue weighted by molar-refractivity contribution is 5.71. The van der Waals surface area contributed by atoms with Gasteiger partial charge >= 0.3 is 5.97 Å². The first-order valence-corrected chi connectivity index (χ1v) is 7.30. The van der Waals surface area contributed by atoms with Gasteiger partial charge in [0.15, 0.2) is 11.6 Å². The second-order valence-electron chi connectivity index (χ2n) is 5.57. The van der Waals surface area contributed by atoms with Crippen molar-refractivity contribution in [2.75, 3.05) is 36.0 Å². The van der Waals surface area contributed by atoms with Gasteiger partial charge in [0.05, 0.1) is 5.92 Å². The van der Waals surface area contributed by atoms with Crippen molar-refractivity contribution in [3.8, 4) is 0 Å². The number of aliphatic carboxylic acids is 1. The molecule has 108 valence electrons. The van der Waals surface area contributed by atoms with Gasteiger partial charge < -0.3 is 14.9 Å². The zero-order chi connectivity index (χ0) is 13.9. The number of carbonyl (C=O) groups is 1. The van der Waals surface area contributed by atoms with Crippen LogP contribution in [-0.4, -0.2) is 47.5 Å². The molecular formula is C14H20N4O2. The van der Waals surface area contributed by atoms with Crippen molar-refractivity contribution >= 4 is 17.6 Å². The molecule has 0 radical (unpaired) electrons. The first-order valence-electron chi connectivity index (χ1n) is 7.30. The SMILES string of the molecule is O=C(O)C1CCCN(c2ccc(N3CCCC3)nn2)C1. The van der Waals surface area contributed by atoms with Gasteiger partial charge in [-0.25, -0.2) is 0 Å². The fourth-order valence-corrected chi connectivity index (χ4v) is 2.99. The van der Waals surface area contributed by atoms with E-state index in [0.717, 1.165) is 44.1 Å². The minimum atomic E-state index is -0.712. The lowest BCUT2D eigenvalue weighted by atomic mass is 9.98. The summed E-state index contributed by atoms with van der Waals surface area (Å²) in [7, 11) is 0. The number of hydrogen-bond donors (Lipinski definition) is 1. The molecule has 6 heteroatoms. The first kappa shape index (κ1) is 13.1. The molecule has 0 amide bonds. The lowest BCUT2D eigenvalue weighted by Crippen LogP contribution is -2.39. The van der Waals surface area contributed by atoms with Crippen LogP contribution in [0.25, 0.3) is 0 Å². The molecule has 3 heterocycles. The van der Waals surface area contributed by atoms with Crippen molar-refractivity contribution in [3.63, 3.8) is 0 Å². The lowest BCUT2D eigenvalue weighted by molar-refractivity contribution is -0.141. The maximum Gasteiger partial charge on any atom is 0.308 e. The van der Waals surface area contributed by atoms with E-state index in [1.54, 1.807) is 0 Å². The molecule has 0 saturated carbocycles. The van der Waals surface area contributed by atoms with Crippen molar-refractivity contribution in [1.82, 2.24) is 10.2 Å². The Morgan fingerprint density at radius 1 is 1.05 bits per heavy atom. The van der Waals surface area contributed by atoms with Crippen molar-refractivity contribution in [2.24, 2.45) is 5.92 Å². The van der Waals surface area contributed by atoms with E-state index >= 15 is 0 Å². The quantitative estimate of drug-likeness (QED) is 0.899. The summed E-state index contributed by atoms with van der Waals surface area (Å²) in [6.45, 7) is 3.51. The normalized spacial score (nSPS) is 23.1. The molecule has 2 aliphatic heterocycles. The molecule has 0 aromatic carbocycles. The smallest absolute Gasteiger partial charge is 0.308 e. The number of carboxylic acids is 1. The summed E-state index contributed by atoms with van der Waals surface area (Å²) in [4.78, 5) is 15.4. The van der Waals surface area contributed by atoms with Gasteiger partial charge in [-0.05, 0) is 37.8 Å². The average molecular weight is 276 g/mol. The lowest BCUT2D eigenvalue weighted by Gasteiger charge is -2.31. The molecule has 1 unspecified atom stereocenters. The largest absolute Gasteiger partial charge is 0.481 e. The van der Waals surface area contributed by atoms with Crippen molar-refractivity contribution in [2.45, 2.75) is 25.7 Å². The summed E-state index contributed by atoms with van der Waals surface area (Å²) < 4.78 is 0. The van der Waals surface area contributed by atoms with E-state index < -0.39 is 5.97 Å². The van der Waals surface area contributed by atoms with Gasteiger partial charge in [-0.2, -0.15) is 0 Å². The van der Waals surface area contributed by atoms with Crippen LogP contribution in [0.3, 0.4) is 0 Å². The van der Waals surface area contributed by atoms with E-state index in [2.05, 4.69) is 15.1 Å². The van der Waals surface area contributed by atoms with Crippen LogP contribution in [0.4, 0.5) is 11.6 Å². The Labute approximate surface area is 118 Å². The minimum absolute atomic E-state index is 0.288. The van der Waals surface area contributed by atoms with Crippen LogP contribution in [0.2, 0.25) is 0 Å². The van der Waals surface area contributed by atoms with E-state index in [9.17, 15) is 4.79 Å². The number of aromatic nitrogens is 2. The van der Waals surface area contributed by atoms with Crippen LogP contribution in [0.1, 0.15) is 25.7 Å². The van der Waals surface area contributed by atoms with Gasteiger partial charge in [0, 0.05) is 26.2 Å². The van der Waals surface area contributed by atoms with Crippen molar-refractivity contribution in [3.05, 3.63) is 12.1 Å². The van der Waals surface area contributed by atoms with Crippen LogP contribution in [0.5, 0.6) is 0 Å². The zero-order valence-corrected chi connectivity index (χ0v) is 11.5. The predicted molar refractivity (Wildman–Crippen MR) is 76.1 cm³/mol. The fraction of sp³-hybridized carbons (Fsp3) is 0.643. The average Bonchev–Trinajstić information content (AvgIpc) is 3.02. The molecule has 1 aromatic rings. The Morgan fingerprint density at radius 2 is 1.65 bits per heavy atom. The van der Waals surface area contributed by atoms with Gasteiger partial charge in [-0.3, -0.25) is 4.79 Å². The maximum absolute atomic E-state index is 11.1. The van der Waals surface area contributed by atoms with Gasteiger partial charge in [0.1, 0.15) is 0 Å². The van der Waals surface area contributed by atoms with E-state index in [-0.39, 0.29) is 5.92 Å². The third-order valence-electron chi connectivity index (χ3n) is 4.16. The van der Waals surface area contributed by atoms with Gasteiger partial charge in [-0.1, -0.05) is 0 Å². The van der Waals surface area contributed by atoms with Crippen LogP contribution < -0.4 is 9.80 Å². The Morgan fingerprint density at radius 3 is 2.25 bits per heavy atom. The summed E-state index contributed by atoms with van der Waals surface area (Å²) in [5.41, 5.74) is 0. The number of rotatable bonds is 3. The van der Waals surface area contributed by atoms with Gasteiger partial charge in [0.2, 0.25) is 0 Å². The molecule has 1 atom stereocenters. The van der Waals surface area contributed by atoms with E-state index in [1.807, 2.05) is 17.0 Å². The number of hydrogen-bond acceptors (Lipinski definition) is 5. The van der Waals surface area contributed by atoms with Crippen molar-refractivity contribution < 1.29 is 9.90 Å². The third-order valence-corrected chi connectivity index (χ3v) is 4.16. The molecule has 2 saturated heterocycles. The summed E-state index contributed by atoms with van der Waals surface area (Å²) >= 11 is 0. The zero-order valence-electron chi connectivity index (χ0n) is 11.5. The van der Waals surface area contributed by atoms with Gasteiger partial charge in [0.25, 0.3) is 0 Å². The highest BCUT2D eigenvalue weighted by Crippen LogP contribution is 2.23. The maximum atomic E-state index is 11.1. The molecule has 0 bridgehead atoms. The van der Waals surface area contributed by atoms with Crippen LogP contribution in [-0.2, 0) is 4.79 Å². The predicted octanol–water partition coefficient (Wildman–Crippen LogP) is 1.38. The Balaban J connectivity index is 1.69. The first-order chi connectivity index (χ1) is 9.74. The van der Waals surface area contributed by atoms with Crippen molar-refractivity contribution in [1.29, 1.82) is 0 Å². The van der Waals surface area contributed by atoms with E-state index in [1.165, 1.54) is 12.8 Å². The second-order valence-corrected chi connectivity index (χ2v) is 5.57. The summed E-state index contributed by atoms with van der Waals surface area (Å²) in [5.74, 6) is 0.720. The number of piperidine rings is 1. The molecule has 2 aliphatic rings. The van der Waals surface area contributed by atoms with Crippen LogP contribution >= 0.6 is 0 Å².